The van der Waals surface area contributed by atoms with Gasteiger partial charge in [-0.05, 0) is 18.2 Å². The average Bonchev–Trinajstić information content (AvgIpc) is 2.82. The van der Waals surface area contributed by atoms with E-state index in [2.05, 4.69) is 15.6 Å². The predicted octanol–water partition coefficient (Wildman–Crippen LogP) is 4.45. The molecule has 0 fully saturated rings. The Bertz CT molecular complexity index is 1410. The summed E-state index contributed by atoms with van der Waals surface area (Å²) in [7, 11) is 0. The van der Waals surface area contributed by atoms with Crippen LogP contribution in [0.3, 0.4) is 0 Å². The number of para-hydroxylation sites is 1. The number of carbonyl (C=O) groups is 1. The summed E-state index contributed by atoms with van der Waals surface area (Å²) in [6.07, 6.45) is 0. The standard InChI is InChI=1S/C23H18ClN5O4/c24-18-8-4-5-9-20(18)27-23(31)25-12-13-28-21(15-6-2-1-3-7-15)26-19-11-10-16(29(32)33)14-17(19)22(28)30/h1-11,14H,12-13H2,(H2,25,27,31). The zero-order chi connectivity index (χ0) is 23.4. The molecule has 166 valence electrons. The molecule has 2 amide bonds. The van der Waals surface area contributed by atoms with Gasteiger partial charge >= 0.3 is 6.03 Å². The van der Waals surface area contributed by atoms with E-state index in [1.54, 1.807) is 24.3 Å². The van der Waals surface area contributed by atoms with Gasteiger partial charge in [0.2, 0.25) is 0 Å². The van der Waals surface area contributed by atoms with E-state index in [1.807, 2.05) is 30.3 Å². The molecule has 1 aromatic heterocycles. The van der Waals surface area contributed by atoms with Gasteiger partial charge in [-0.1, -0.05) is 54.1 Å². The molecule has 0 aliphatic carbocycles. The fraction of sp³-hybridized carbons (Fsp3) is 0.0870. The normalized spacial score (nSPS) is 10.7. The first kappa shape index (κ1) is 22.0. The van der Waals surface area contributed by atoms with Gasteiger partial charge in [-0.2, -0.15) is 0 Å². The molecule has 0 saturated heterocycles. The fourth-order valence-corrected chi connectivity index (χ4v) is 3.53. The Morgan fingerprint density at radius 1 is 1.06 bits per heavy atom. The van der Waals surface area contributed by atoms with Crippen molar-refractivity contribution in [3.05, 3.63) is 98.3 Å². The number of aromatic nitrogens is 2. The van der Waals surface area contributed by atoms with Crippen LogP contribution in [0.2, 0.25) is 5.02 Å². The van der Waals surface area contributed by atoms with Crippen LogP contribution in [-0.2, 0) is 6.54 Å². The van der Waals surface area contributed by atoms with E-state index < -0.39 is 16.5 Å². The first-order chi connectivity index (χ1) is 15.9. The molecule has 0 aliphatic heterocycles. The van der Waals surface area contributed by atoms with E-state index in [1.165, 1.54) is 22.8 Å². The Balaban J connectivity index is 1.64. The molecule has 2 N–H and O–H groups in total. The molecule has 1 heterocycles. The van der Waals surface area contributed by atoms with E-state index >= 15 is 0 Å². The van der Waals surface area contributed by atoms with Crippen molar-refractivity contribution < 1.29 is 9.72 Å². The molecule has 4 rings (SSSR count). The summed E-state index contributed by atoms with van der Waals surface area (Å²) in [5.41, 5.74) is 0.882. The molecule has 0 saturated carbocycles. The minimum Gasteiger partial charge on any atom is -0.336 e. The van der Waals surface area contributed by atoms with E-state index in [4.69, 9.17) is 11.6 Å². The molecule has 0 unspecified atom stereocenters. The number of amides is 2. The minimum absolute atomic E-state index is 0.102. The summed E-state index contributed by atoms with van der Waals surface area (Å²) in [4.78, 5) is 40.7. The first-order valence-corrected chi connectivity index (χ1v) is 10.4. The molecular formula is C23H18ClN5O4. The second kappa shape index (κ2) is 9.49. The number of anilines is 1. The van der Waals surface area contributed by atoms with Gasteiger partial charge in [-0.25, -0.2) is 9.78 Å². The van der Waals surface area contributed by atoms with Gasteiger partial charge in [0, 0.05) is 30.8 Å². The van der Waals surface area contributed by atoms with Crippen molar-refractivity contribution in [3.8, 4) is 11.4 Å². The number of hydrogen-bond acceptors (Lipinski definition) is 5. The number of hydrogen-bond donors (Lipinski definition) is 2. The fourth-order valence-electron chi connectivity index (χ4n) is 3.35. The van der Waals surface area contributed by atoms with Gasteiger partial charge < -0.3 is 10.6 Å². The summed E-state index contributed by atoms with van der Waals surface area (Å²) >= 11 is 6.05. The second-order valence-electron chi connectivity index (χ2n) is 7.08. The number of benzene rings is 3. The predicted molar refractivity (Wildman–Crippen MR) is 127 cm³/mol. The molecule has 0 spiro atoms. The quantitative estimate of drug-likeness (QED) is 0.323. The Morgan fingerprint density at radius 2 is 1.79 bits per heavy atom. The lowest BCUT2D eigenvalue weighted by Crippen LogP contribution is -2.34. The summed E-state index contributed by atoms with van der Waals surface area (Å²) in [6, 6.07) is 19.4. The number of nitro groups is 1. The van der Waals surface area contributed by atoms with Crippen LogP contribution >= 0.6 is 11.6 Å². The van der Waals surface area contributed by atoms with Crippen LogP contribution in [0, 0.1) is 10.1 Å². The number of fused-ring (bicyclic) bond motifs is 1. The molecule has 0 radical (unpaired) electrons. The van der Waals surface area contributed by atoms with Crippen molar-refractivity contribution in [1.29, 1.82) is 0 Å². The first-order valence-electron chi connectivity index (χ1n) is 9.98. The van der Waals surface area contributed by atoms with E-state index in [0.29, 0.717) is 27.6 Å². The molecule has 0 atom stereocenters. The summed E-state index contributed by atoms with van der Waals surface area (Å²) in [6.45, 7) is 0.211. The molecule has 3 aromatic carbocycles. The number of nitrogens with zero attached hydrogens (tertiary/aromatic N) is 3. The lowest BCUT2D eigenvalue weighted by atomic mass is 10.1. The summed E-state index contributed by atoms with van der Waals surface area (Å²) < 4.78 is 1.40. The Labute approximate surface area is 192 Å². The van der Waals surface area contributed by atoms with Crippen molar-refractivity contribution in [2.24, 2.45) is 0 Å². The highest BCUT2D eigenvalue weighted by Gasteiger charge is 2.16. The molecule has 0 bridgehead atoms. The zero-order valence-electron chi connectivity index (χ0n) is 17.2. The zero-order valence-corrected chi connectivity index (χ0v) is 18.0. The van der Waals surface area contributed by atoms with Gasteiger partial charge in [0.1, 0.15) is 5.82 Å². The average molecular weight is 464 g/mol. The minimum atomic E-state index is -0.561. The van der Waals surface area contributed by atoms with Gasteiger partial charge in [0.25, 0.3) is 11.2 Å². The van der Waals surface area contributed by atoms with Gasteiger partial charge in [-0.15, -0.1) is 0 Å². The summed E-state index contributed by atoms with van der Waals surface area (Å²) in [5, 5.41) is 17.0. The third-order valence-corrected chi connectivity index (χ3v) is 5.25. The highest BCUT2D eigenvalue weighted by Crippen LogP contribution is 2.22. The smallest absolute Gasteiger partial charge is 0.319 e. The van der Waals surface area contributed by atoms with Crippen LogP contribution in [0.5, 0.6) is 0 Å². The second-order valence-corrected chi connectivity index (χ2v) is 7.48. The monoisotopic (exact) mass is 463 g/mol. The van der Waals surface area contributed by atoms with Crippen molar-refractivity contribution in [1.82, 2.24) is 14.9 Å². The summed E-state index contributed by atoms with van der Waals surface area (Å²) in [5.74, 6) is 0.398. The van der Waals surface area contributed by atoms with Crippen molar-refractivity contribution >= 4 is 39.9 Å². The number of halogens is 1. The van der Waals surface area contributed by atoms with Crippen LogP contribution in [0.15, 0.2) is 77.6 Å². The van der Waals surface area contributed by atoms with Crippen LogP contribution < -0.4 is 16.2 Å². The molecular weight excluding hydrogens is 446 g/mol. The van der Waals surface area contributed by atoms with Crippen LogP contribution in [0.4, 0.5) is 16.2 Å². The molecule has 33 heavy (non-hydrogen) atoms. The van der Waals surface area contributed by atoms with Crippen LogP contribution in [0.1, 0.15) is 0 Å². The largest absolute Gasteiger partial charge is 0.336 e. The third kappa shape index (κ3) is 4.83. The Morgan fingerprint density at radius 3 is 2.52 bits per heavy atom. The Kier molecular flexibility index (Phi) is 6.32. The maximum absolute atomic E-state index is 13.3. The van der Waals surface area contributed by atoms with Gasteiger partial charge in [-0.3, -0.25) is 19.5 Å². The number of non-ortho nitro benzene ring substituents is 1. The van der Waals surface area contributed by atoms with Crippen molar-refractivity contribution in [2.75, 3.05) is 11.9 Å². The highest BCUT2D eigenvalue weighted by atomic mass is 35.5. The Hall–Kier alpha value is -4.24. The number of nitro benzene ring substituents is 1. The molecule has 9 nitrogen and oxygen atoms in total. The molecule has 4 aromatic rings. The van der Waals surface area contributed by atoms with Gasteiger partial charge in [0.05, 0.1) is 26.5 Å². The number of rotatable bonds is 6. The highest BCUT2D eigenvalue weighted by molar-refractivity contribution is 6.33. The number of nitrogens with one attached hydrogen (secondary N) is 2. The van der Waals surface area contributed by atoms with E-state index in [-0.39, 0.29) is 24.2 Å². The van der Waals surface area contributed by atoms with Gasteiger partial charge in [0.15, 0.2) is 0 Å². The maximum atomic E-state index is 13.3. The third-order valence-electron chi connectivity index (χ3n) is 4.92. The lowest BCUT2D eigenvalue weighted by Gasteiger charge is -2.15. The molecule has 10 heteroatoms. The number of urea groups is 1. The SMILES string of the molecule is O=C(NCCn1c(-c2ccccc2)nc2ccc([N+](=O)[O-])cc2c1=O)Nc1ccccc1Cl. The van der Waals surface area contributed by atoms with Crippen LogP contribution in [-0.4, -0.2) is 27.1 Å². The molecule has 0 aliphatic rings. The topological polar surface area (TPSA) is 119 Å². The van der Waals surface area contributed by atoms with Crippen LogP contribution in [0.25, 0.3) is 22.3 Å². The maximum Gasteiger partial charge on any atom is 0.319 e. The number of carbonyl (C=O) groups excluding carboxylic acids is 1. The van der Waals surface area contributed by atoms with Crippen molar-refractivity contribution in [3.63, 3.8) is 0 Å². The lowest BCUT2D eigenvalue weighted by molar-refractivity contribution is -0.384. The van der Waals surface area contributed by atoms with E-state index in [0.717, 1.165) is 0 Å². The van der Waals surface area contributed by atoms with Crippen molar-refractivity contribution in [2.45, 2.75) is 6.54 Å². The van der Waals surface area contributed by atoms with E-state index in [9.17, 15) is 19.7 Å².